The SMILES string of the molecule is CN1CCN(Cc2cccc(-c3nc(CC(=O)N(C)CC(=O)O)cs3)c2)CC1. The van der Waals surface area contributed by atoms with Gasteiger partial charge in [0.2, 0.25) is 5.91 Å². The Balaban J connectivity index is 1.63. The second kappa shape index (κ2) is 9.27. The maximum atomic E-state index is 12.1. The number of rotatable bonds is 7. The summed E-state index contributed by atoms with van der Waals surface area (Å²) >= 11 is 1.51. The minimum atomic E-state index is -1.02. The van der Waals surface area contributed by atoms with Crippen LogP contribution in [0.4, 0.5) is 0 Å². The topological polar surface area (TPSA) is 77.0 Å². The number of nitrogens with zero attached hydrogens (tertiary/aromatic N) is 4. The first kappa shape index (κ1) is 20.4. The molecule has 1 aliphatic heterocycles. The average molecular weight is 403 g/mol. The number of piperazine rings is 1. The molecule has 0 radical (unpaired) electrons. The van der Waals surface area contributed by atoms with E-state index >= 15 is 0 Å². The van der Waals surface area contributed by atoms with Crippen LogP contribution in [0.2, 0.25) is 0 Å². The molecule has 1 saturated heterocycles. The molecule has 1 N–H and O–H groups in total. The number of hydrogen-bond acceptors (Lipinski definition) is 6. The highest BCUT2D eigenvalue weighted by Gasteiger charge is 2.16. The van der Waals surface area contributed by atoms with Gasteiger partial charge in [0.05, 0.1) is 12.1 Å². The van der Waals surface area contributed by atoms with Crippen molar-refractivity contribution in [1.29, 1.82) is 0 Å². The smallest absolute Gasteiger partial charge is 0.323 e. The van der Waals surface area contributed by atoms with Gasteiger partial charge in [-0.15, -0.1) is 11.3 Å². The molecule has 0 saturated carbocycles. The Morgan fingerprint density at radius 2 is 2.00 bits per heavy atom. The number of aliphatic carboxylic acids is 1. The molecule has 1 aromatic carbocycles. The molecule has 1 aliphatic rings. The molecule has 8 heteroatoms. The summed E-state index contributed by atoms with van der Waals surface area (Å²) in [5.41, 5.74) is 2.98. The van der Waals surface area contributed by atoms with Crippen LogP contribution in [0, 0.1) is 0 Å². The minimum absolute atomic E-state index is 0.112. The second-order valence-electron chi connectivity index (χ2n) is 7.24. The van der Waals surface area contributed by atoms with Gasteiger partial charge in [-0.3, -0.25) is 14.5 Å². The van der Waals surface area contributed by atoms with Crippen LogP contribution in [-0.2, 0) is 22.6 Å². The quantitative estimate of drug-likeness (QED) is 0.759. The van der Waals surface area contributed by atoms with Crippen LogP contribution < -0.4 is 0 Å². The fourth-order valence-corrected chi connectivity index (χ4v) is 3.99. The summed E-state index contributed by atoms with van der Waals surface area (Å²) in [4.78, 5) is 33.4. The van der Waals surface area contributed by atoms with Crippen LogP contribution in [0.1, 0.15) is 11.3 Å². The largest absolute Gasteiger partial charge is 0.480 e. The molecule has 0 atom stereocenters. The minimum Gasteiger partial charge on any atom is -0.480 e. The van der Waals surface area contributed by atoms with Gasteiger partial charge in [0.25, 0.3) is 0 Å². The Morgan fingerprint density at radius 3 is 2.71 bits per heavy atom. The van der Waals surface area contributed by atoms with E-state index in [1.165, 1.54) is 28.8 Å². The molecule has 1 amide bonds. The normalized spacial score (nSPS) is 15.5. The van der Waals surface area contributed by atoms with Crippen molar-refractivity contribution >= 4 is 23.2 Å². The van der Waals surface area contributed by atoms with Gasteiger partial charge in [-0.2, -0.15) is 0 Å². The van der Waals surface area contributed by atoms with Crippen molar-refractivity contribution in [3.63, 3.8) is 0 Å². The highest BCUT2D eigenvalue weighted by Crippen LogP contribution is 2.25. The molecule has 28 heavy (non-hydrogen) atoms. The zero-order valence-electron chi connectivity index (χ0n) is 16.3. The maximum absolute atomic E-state index is 12.1. The summed E-state index contributed by atoms with van der Waals surface area (Å²) in [7, 11) is 3.65. The first-order chi connectivity index (χ1) is 13.4. The van der Waals surface area contributed by atoms with Gasteiger partial charge in [0.1, 0.15) is 11.6 Å². The number of carboxylic acids is 1. The summed E-state index contributed by atoms with van der Waals surface area (Å²) in [5.74, 6) is -1.27. The summed E-state index contributed by atoms with van der Waals surface area (Å²) in [6.07, 6.45) is 0.112. The Morgan fingerprint density at radius 1 is 1.25 bits per heavy atom. The van der Waals surface area contributed by atoms with E-state index in [-0.39, 0.29) is 18.9 Å². The van der Waals surface area contributed by atoms with E-state index in [0.717, 1.165) is 43.3 Å². The lowest BCUT2D eigenvalue weighted by molar-refractivity contribution is -0.143. The predicted molar refractivity (Wildman–Crippen MR) is 109 cm³/mol. The average Bonchev–Trinajstić information content (AvgIpc) is 3.12. The maximum Gasteiger partial charge on any atom is 0.323 e. The second-order valence-corrected chi connectivity index (χ2v) is 8.10. The van der Waals surface area contributed by atoms with Gasteiger partial charge in [-0.25, -0.2) is 4.98 Å². The van der Waals surface area contributed by atoms with E-state index in [4.69, 9.17) is 5.11 Å². The number of amides is 1. The summed E-state index contributed by atoms with van der Waals surface area (Å²) in [6, 6.07) is 8.39. The zero-order chi connectivity index (χ0) is 20.1. The molecule has 2 heterocycles. The number of aromatic nitrogens is 1. The molecular formula is C20H26N4O3S. The lowest BCUT2D eigenvalue weighted by atomic mass is 10.1. The van der Waals surface area contributed by atoms with E-state index in [1.807, 2.05) is 17.5 Å². The third kappa shape index (κ3) is 5.60. The number of benzene rings is 1. The number of hydrogen-bond donors (Lipinski definition) is 1. The third-order valence-electron chi connectivity index (χ3n) is 4.86. The van der Waals surface area contributed by atoms with Gasteiger partial charge >= 0.3 is 5.97 Å². The molecule has 7 nitrogen and oxygen atoms in total. The van der Waals surface area contributed by atoms with Crippen molar-refractivity contribution in [2.24, 2.45) is 0 Å². The summed E-state index contributed by atoms with van der Waals surface area (Å²) in [5, 5.41) is 11.5. The highest BCUT2D eigenvalue weighted by molar-refractivity contribution is 7.13. The fourth-order valence-electron chi connectivity index (χ4n) is 3.17. The number of likely N-dealkylation sites (N-methyl/N-ethyl adjacent to an activating group) is 2. The van der Waals surface area contributed by atoms with Crippen molar-refractivity contribution in [3.8, 4) is 10.6 Å². The first-order valence-corrected chi connectivity index (χ1v) is 10.2. The first-order valence-electron chi connectivity index (χ1n) is 9.31. The third-order valence-corrected chi connectivity index (χ3v) is 5.80. The number of carbonyl (C=O) groups is 2. The molecule has 0 bridgehead atoms. The molecule has 0 unspecified atom stereocenters. The predicted octanol–water partition coefficient (Wildman–Crippen LogP) is 1.64. The molecule has 1 aromatic heterocycles. The van der Waals surface area contributed by atoms with Gasteiger partial charge in [0, 0.05) is 50.7 Å². The van der Waals surface area contributed by atoms with Crippen LogP contribution in [0.25, 0.3) is 10.6 Å². The van der Waals surface area contributed by atoms with Gasteiger partial charge in [0.15, 0.2) is 0 Å². The number of carbonyl (C=O) groups excluding carboxylic acids is 1. The summed E-state index contributed by atoms with van der Waals surface area (Å²) in [6.45, 7) is 4.98. The van der Waals surface area contributed by atoms with Gasteiger partial charge < -0.3 is 14.9 Å². The molecule has 0 aliphatic carbocycles. The van der Waals surface area contributed by atoms with Crippen molar-refractivity contribution in [2.45, 2.75) is 13.0 Å². The van der Waals surface area contributed by atoms with Crippen LogP contribution in [0.3, 0.4) is 0 Å². The molecule has 1 fully saturated rings. The number of thiazole rings is 1. The van der Waals surface area contributed by atoms with E-state index in [2.05, 4.69) is 34.0 Å². The monoisotopic (exact) mass is 402 g/mol. The fraction of sp³-hybridized carbons (Fsp3) is 0.450. The number of carboxylic acid groups (broad SMARTS) is 1. The van der Waals surface area contributed by atoms with Crippen molar-refractivity contribution < 1.29 is 14.7 Å². The van der Waals surface area contributed by atoms with Crippen molar-refractivity contribution in [1.82, 2.24) is 19.7 Å². The Bertz CT molecular complexity index is 830. The summed E-state index contributed by atoms with van der Waals surface area (Å²) < 4.78 is 0. The van der Waals surface area contributed by atoms with Crippen molar-refractivity contribution in [2.75, 3.05) is 46.8 Å². The van der Waals surface area contributed by atoms with Gasteiger partial charge in [-0.1, -0.05) is 18.2 Å². The molecule has 150 valence electrons. The molecular weight excluding hydrogens is 376 g/mol. The molecule has 0 spiro atoms. The Hall–Kier alpha value is -2.29. The van der Waals surface area contributed by atoms with Crippen LogP contribution in [0.5, 0.6) is 0 Å². The van der Waals surface area contributed by atoms with E-state index in [1.54, 1.807) is 0 Å². The van der Waals surface area contributed by atoms with Crippen LogP contribution >= 0.6 is 11.3 Å². The standard InChI is InChI=1S/C20H26N4O3S/c1-22-6-8-24(9-7-22)12-15-4-3-5-16(10-15)20-21-17(14-28-20)11-18(25)23(2)13-19(26)27/h3-5,10,14H,6-9,11-13H2,1-2H3,(H,26,27). The molecule has 2 aromatic rings. The molecule has 3 rings (SSSR count). The highest BCUT2D eigenvalue weighted by atomic mass is 32.1. The van der Waals surface area contributed by atoms with E-state index in [0.29, 0.717) is 5.69 Å². The lowest BCUT2D eigenvalue weighted by Gasteiger charge is -2.32. The van der Waals surface area contributed by atoms with Crippen LogP contribution in [-0.4, -0.2) is 83.5 Å². The Labute approximate surface area is 169 Å². The zero-order valence-corrected chi connectivity index (χ0v) is 17.1. The van der Waals surface area contributed by atoms with Crippen molar-refractivity contribution in [3.05, 3.63) is 40.9 Å². The van der Waals surface area contributed by atoms with E-state index in [9.17, 15) is 9.59 Å². The van der Waals surface area contributed by atoms with E-state index < -0.39 is 5.97 Å². The van der Waals surface area contributed by atoms with Gasteiger partial charge in [-0.05, 0) is 18.7 Å². The Kier molecular flexibility index (Phi) is 6.77. The lowest BCUT2D eigenvalue weighted by Crippen LogP contribution is -2.43. The van der Waals surface area contributed by atoms with Crippen LogP contribution in [0.15, 0.2) is 29.6 Å².